The first-order chi connectivity index (χ1) is 12.6. The molecule has 136 valence electrons. The molecule has 0 aliphatic carbocycles. The second kappa shape index (κ2) is 7.31. The Morgan fingerprint density at radius 3 is 2.65 bits per heavy atom. The van der Waals surface area contributed by atoms with E-state index in [1.165, 1.54) is 29.7 Å². The Morgan fingerprint density at radius 2 is 1.85 bits per heavy atom. The lowest BCUT2D eigenvalue weighted by Gasteiger charge is -2.23. The van der Waals surface area contributed by atoms with Gasteiger partial charge >= 0.3 is 6.03 Å². The van der Waals surface area contributed by atoms with Crippen molar-refractivity contribution in [1.82, 2.24) is 10.2 Å². The van der Waals surface area contributed by atoms with Crippen LogP contribution in [-0.2, 0) is 13.1 Å². The Balaban J connectivity index is 1.41. The molecule has 26 heavy (non-hydrogen) atoms. The number of rotatable bonds is 3. The first-order valence-electron chi connectivity index (χ1n) is 9.28. The summed E-state index contributed by atoms with van der Waals surface area (Å²) in [5, 5.41) is 3.16. The molecule has 1 unspecified atom stereocenters. The van der Waals surface area contributed by atoms with Crippen LogP contribution in [0.15, 0.2) is 46.9 Å². The third-order valence-corrected chi connectivity index (χ3v) is 5.85. The number of nitrogens with one attached hydrogen (secondary N) is 1. The molecular formula is C21H24BrN3O. The average molecular weight is 414 g/mol. The lowest BCUT2D eigenvalue weighted by Crippen LogP contribution is -2.37. The molecule has 0 saturated carbocycles. The second-order valence-corrected chi connectivity index (χ2v) is 8.15. The maximum absolute atomic E-state index is 12.7. The van der Waals surface area contributed by atoms with Crippen LogP contribution in [0.2, 0.25) is 0 Å². The van der Waals surface area contributed by atoms with Crippen LogP contribution in [0, 0.1) is 0 Å². The highest BCUT2D eigenvalue weighted by Gasteiger charge is 2.24. The zero-order chi connectivity index (χ0) is 18.1. The van der Waals surface area contributed by atoms with Gasteiger partial charge in [0, 0.05) is 36.3 Å². The van der Waals surface area contributed by atoms with Gasteiger partial charge in [-0.2, -0.15) is 0 Å². The van der Waals surface area contributed by atoms with Crippen LogP contribution in [0.25, 0.3) is 0 Å². The predicted octanol–water partition coefficient (Wildman–Crippen LogP) is 4.84. The van der Waals surface area contributed by atoms with E-state index in [-0.39, 0.29) is 12.1 Å². The van der Waals surface area contributed by atoms with Gasteiger partial charge in [0.2, 0.25) is 0 Å². The van der Waals surface area contributed by atoms with Gasteiger partial charge in [0.15, 0.2) is 0 Å². The molecule has 4 nitrogen and oxygen atoms in total. The van der Waals surface area contributed by atoms with Gasteiger partial charge in [-0.05, 0) is 60.7 Å². The molecule has 2 amide bonds. The molecule has 2 aromatic rings. The molecule has 2 aromatic carbocycles. The summed E-state index contributed by atoms with van der Waals surface area (Å²) in [4.78, 5) is 17.0. The molecular weight excluding hydrogens is 390 g/mol. The summed E-state index contributed by atoms with van der Waals surface area (Å²) in [6.07, 6.45) is 2.53. The molecule has 4 rings (SSSR count). The number of benzene rings is 2. The van der Waals surface area contributed by atoms with Crippen molar-refractivity contribution >= 4 is 27.6 Å². The Labute approximate surface area is 163 Å². The van der Waals surface area contributed by atoms with Gasteiger partial charge in [-0.15, -0.1) is 0 Å². The molecule has 0 aromatic heterocycles. The van der Waals surface area contributed by atoms with Crippen LogP contribution >= 0.6 is 15.9 Å². The predicted molar refractivity (Wildman–Crippen MR) is 108 cm³/mol. The molecule has 0 radical (unpaired) electrons. The van der Waals surface area contributed by atoms with Crippen molar-refractivity contribution in [3.8, 4) is 0 Å². The lowest BCUT2D eigenvalue weighted by molar-refractivity contribution is 0.195. The highest BCUT2D eigenvalue weighted by Crippen LogP contribution is 2.27. The van der Waals surface area contributed by atoms with Crippen LogP contribution in [0.4, 0.5) is 10.5 Å². The fraction of sp³-hybridized carbons (Fsp3) is 0.381. The van der Waals surface area contributed by atoms with Crippen molar-refractivity contribution in [3.63, 3.8) is 0 Å². The monoisotopic (exact) mass is 413 g/mol. The summed E-state index contributed by atoms with van der Waals surface area (Å²) >= 11 is 3.50. The van der Waals surface area contributed by atoms with Crippen molar-refractivity contribution in [2.45, 2.75) is 38.9 Å². The molecule has 1 atom stereocenters. The van der Waals surface area contributed by atoms with Gasteiger partial charge in [0.05, 0.1) is 6.04 Å². The van der Waals surface area contributed by atoms with Crippen molar-refractivity contribution in [2.75, 3.05) is 18.0 Å². The smallest absolute Gasteiger partial charge is 0.318 e. The Hall–Kier alpha value is -2.01. The molecule has 1 saturated heterocycles. The van der Waals surface area contributed by atoms with Gasteiger partial charge in [-0.25, -0.2) is 4.79 Å². The maximum atomic E-state index is 12.7. The zero-order valence-corrected chi connectivity index (χ0v) is 16.6. The number of hydrogen-bond donors (Lipinski definition) is 1. The Kier molecular flexibility index (Phi) is 4.90. The van der Waals surface area contributed by atoms with Gasteiger partial charge in [0.25, 0.3) is 0 Å². The highest BCUT2D eigenvalue weighted by molar-refractivity contribution is 9.10. The van der Waals surface area contributed by atoms with Gasteiger partial charge in [0.1, 0.15) is 0 Å². The van der Waals surface area contributed by atoms with Crippen LogP contribution in [0.5, 0.6) is 0 Å². The molecule has 0 spiro atoms. The number of nitrogens with zero attached hydrogens (tertiary/aromatic N) is 2. The van der Waals surface area contributed by atoms with Gasteiger partial charge in [-0.1, -0.05) is 34.1 Å². The summed E-state index contributed by atoms with van der Waals surface area (Å²) in [6.45, 7) is 5.66. The second-order valence-electron chi connectivity index (χ2n) is 7.23. The number of anilines is 1. The Morgan fingerprint density at radius 1 is 1.08 bits per heavy atom. The van der Waals surface area contributed by atoms with Crippen LogP contribution in [0.3, 0.4) is 0 Å². The number of urea groups is 1. The number of carbonyl (C=O) groups is 1. The van der Waals surface area contributed by atoms with Gasteiger partial charge < -0.3 is 15.1 Å². The molecule has 2 aliphatic heterocycles. The van der Waals surface area contributed by atoms with Crippen LogP contribution in [-0.4, -0.2) is 24.0 Å². The van der Waals surface area contributed by atoms with E-state index in [2.05, 4.69) is 69.5 Å². The number of amides is 2. The molecule has 1 N–H and O–H groups in total. The molecule has 5 heteroatoms. The average Bonchev–Trinajstić information content (AvgIpc) is 3.31. The minimum absolute atomic E-state index is 0.00334. The topological polar surface area (TPSA) is 35.6 Å². The van der Waals surface area contributed by atoms with Crippen molar-refractivity contribution in [3.05, 3.63) is 63.6 Å². The van der Waals surface area contributed by atoms with E-state index in [0.29, 0.717) is 13.1 Å². The summed E-state index contributed by atoms with van der Waals surface area (Å²) in [5.74, 6) is 0. The first-order valence-corrected chi connectivity index (χ1v) is 10.1. The molecule has 1 fully saturated rings. The summed E-state index contributed by atoms with van der Waals surface area (Å²) < 4.78 is 1.06. The lowest BCUT2D eigenvalue weighted by atomic mass is 10.1. The van der Waals surface area contributed by atoms with E-state index < -0.39 is 0 Å². The van der Waals surface area contributed by atoms with Crippen molar-refractivity contribution in [1.29, 1.82) is 0 Å². The van der Waals surface area contributed by atoms with E-state index in [0.717, 1.165) is 23.1 Å². The quantitative estimate of drug-likeness (QED) is 0.781. The summed E-state index contributed by atoms with van der Waals surface area (Å²) in [6, 6.07) is 14.8. The van der Waals surface area contributed by atoms with Crippen molar-refractivity contribution in [2.24, 2.45) is 0 Å². The molecule has 2 aliphatic rings. The normalized spacial score (nSPS) is 17.3. The number of halogens is 1. The summed E-state index contributed by atoms with van der Waals surface area (Å²) in [7, 11) is 0. The third-order valence-electron chi connectivity index (χ3n) is 5.36. The standard InChI is InChI=1S/C21H24BrN3O/c1-15(16-5-4-6-20(12-16)24-9-2-3-10-24)23-21(26)25-13-17-7-8-19(22)11-18(17)14-25/h4-8,11-12,15H,2-3,9-10,13-14H2,1H3,(H,23,26). The van der Waals surface area contributed by atoms with Crippen LogP contribution in [0.1, 0.15) is 42.5 Å². The summed E-state index contributed by atoms with van der Waals surface area (Å²) in [5.41, 5.74) is 4.87. The fourth-order valence-electron chi connectivity index (χ4n) is 3.83. The Bertz CT molecular complexity index is 817. The molecule has 0 bridgehead atoms. The first kappa shape index (κ1) is 17.4. The van der Waals surface area contributed by atoms with Gasteiger partial charge in [-0.3, -0.25) is 0 Å². The van der Waals surface area contributed by atoms with E-state index in [9.17, 15) is 4.79 Å². The minimum atomic E-state index is -0.0134. The van der Waals surface area contributed by atoms with E-state index >= 15 is 0 Å². The number of fused-ring (bicyclic) bond motifs is 1. The van der Waals surface area contributed by atoms with Crippen LogP contribution < -0.4 is 10.2 Å². The number of hydrogen-bond acceptors (Lipinski definition) is 2. The van der Waals surface area contributed by atoms with Crippen molar-refractivity contribution < 1.29 is 4.79 Å². The number of carbonyl (C=O) groups excluding carboxylic acids is 1. The molecule has 2 heterocycles. The maximum Gasteiger partial charge on any atom is 0.318 e. The van der Waals surface area contributed by atoms with E-state index in [1.807, 2.05) is 11.0 Å². The largest absolute Gasteiger partial charge is 0.372 e. The highest BCUT2D eigenvalue weighted by atomic mass is 79.9. The van der Waals surface area contributed by atoms with E-state index in [1.54, 1.807) is 0 Å². The fourth-order valence-corrected chi connectivity index (χ4v) is 4.24. The zero-order valence-electron chi connectivity index (χ0n) is 15.0. The minimum Gasteiger partial charge on any atom is -0.372 e. The SMILES string of the molecule is CC(NC(=O)N1Cc2ccc(Br)cc2C1)c1cccc(N2CCCC2)c1. The third kappa shape index (κ3) is 3.58. The van der Waals surface area contributed by atoms with E-state index in [4.69, 9.17) is 0 Å².